The van der Waals surface area contributed by atoms with Crippen LogP contribution in [0.3, 0.4) is 0 Å². The quantitative estimate of drug-likeness (QED) is 0.823. The Morgan fingerprint density at radius 1 is 1.12 bits per heavy atom. The molecule has 0 atom stereocenters. The number of benzene rings is 2. The van der Waals surface area contributed by atoms with Crippen molar-refractivity contribution in [3.8, 4) is 5.75 Å². The summed E-state index contributed by atoms with van der Waals surface area (Å²) in [5.41, 5.74) is 2.53. The van der Waals surface area contributed by atoms with Gasteiger partial charge in [0, 0.05) is 30.0 Å². The van der Waals surface area contributed by atoms with Crippen LogP contribution in [0, 0.1) is 0 Å². The molecule has 0 spiro atoms. The van der Waals surface area contributed by atoms with Gasteiger partial charge in [0.25, 0.3) is 5.91 Å². The molecule has 2 aromatic carbocycles. The average molecular weight is 355 g/mol. The van der Waals surface area contributed by atoms with Crippen molar-refractivity contribution in [2.24, 2.45) is 0 Å². The molecule has 3 rings (SSSR count). The number of nitrogens with zero attached hydrogens (tertiary/aromatic N) is 1. The molecule has 0 radical (unpaired) electrons. The van der Waals surface area contributed by atoms with Crippen LogP contribution >= 0.6 is 12.2 Å². The molecule has 1 amide bonds. The highest BCUT2D eigenvalue weighted by atomic mass is 32.1. The van der Waals surface area contributed by atoms with E-state index in [4.69, 9.17) is 17.0 Å². The summed E-state index contributed by atoms with van der Waals surface area (Å²) in [4.78, 5) is 14.6. The molecule has 1 saturated heterocycles. The van der Waals surface area contributed by atoms with E-state index in [1.807, 2.05) is 12.1 Å². The van der Waals surface area contributed by atoms with E-state index in [1.54, 1.807) is 31.4 Å². The molecule has 1 aliphatic rings. The van der Waals surface area contributed by atoms with Crippen molar-refractivity contribution in [3.05, 3.63) is 54.1 Å². The van der Waals surface area contributed by atoms with Crippen LogP contribution in [-0.4, -0.2) is 31.2 Å². The molecular formula is C19H21N3O2S. The summed E-state index contributed by atoms with van der Waals surface area (Å²) in [6.45, 7) is 2.17. The number of ether oxygens (including phenoxy) is 1. The maximum atomic E-state index is 12.3. The van der Waals surface area contributed by atoms with Gasteiger partial charge in [-0.25, -0.2) is 0 Å². The van der Waals surface area contributed by atoms with E-state index < -0.39 is 0 Å². The number of rotatable bonds is 4. The van der Waals surface area contributed by atoms with Gasteiger partial charge in [-0.1, -0.05) is 12.1 Å². The molecule has 25 heavy (non-hydrogen) atoms. The highest BCUT2D eigenvalue weighted by molar-refractivity contribution is 7.80. The van der Waals surface area contributed by atoms with E-state index in [9.17, 15) is 4.79 Å². The summed E-state index contributed by atoms with van der Waals surface area (Å²) in [6, 6.07) is 15.0. The minimum absolute atomic E-state index is 0.270. The standard InChI is InChI=1S/C19H21N3O2S/c1-24-17-9-4-6-14(12-17)18(23)21-19(25)20-15-7-5-8-16(13-15)22-10-2-3-11-22/h4-9,12-13H,2-3,10-11H2,1H3,(H2,20,21,23,25). The molecule has 0 aliphatic carbocycles. The van der Waals surface area contributed by atoms with Gasteiger partial charge in [-0.3, -0.25) is 10.1 Å². The van der Waals surface area contributed by atoms with Crippen molar-refractivity contribution < 1.29 is 9.53 Å². The number of hydrogen-bond acceptors (Lipinski definition) is 4. The second-order valence-corrected chi connectivity index (χ2v) is 6.29. The second-order valence-electron chi connectivity index (χ2n) is 5.88. The third kappa shape index (κ3) is 4.48. The van der Waals surface area contributed by atoms with Gasteiger partial charge in [0.1, 0.15) is 5.75 Å². The Morgan fingerprint density at radius 2 is 1.88 bits per heavy atom. The molecule has 1 aliphatic heterocycles. The van der Waals surface area contributed by atoms with Crippen molar-refractivity contribution in [3.63, 3.8) is 0 Å². The van der Waals surface area contributed by atoms with Crippen molar-refractivity contribution >= 4 is 34.6 Å². The summed E-state index contributed by atoms with van der Waals surface area (Å²) in [7, 11) is 1.57. The molecule has 130 valence electrons. The first-order valence-electron chi connectivity index (χ1n) is 8.27. The fourth-order valence-corrected chi connectivity index (χ4v) is 3.07. The number of anilines is 2. The zero-order valence-electron chi connectivity index (χ0n) is 14.1. The van der Waals surface area contributed by atoms with Crippen LogP contribution in [-0.2, 0) is 0 Å². The fraction of sp³-hybridized carbons (Fsp3) is 0.263. The van der Waals surface area contributed by atoms with Crippen molar-refractivity contribution in [2.75, 3.05) is 30.4 Å². The third-order valence-corrected chi connectivity index (χ3v) is 4.34. The lowest BCUT2D eigenvalue weighted by Crippen LogP contribution is -2.34. The number of thiocarbonyl (C=S) groups is 1. The predicted octanol–water partition coefficient (Wildman–Crippen LogP) is 3.42. The Balaban J connectivity index is 1.62. The van der Waals surface area contributed by atoms with Gasteiger partial charge in [0.15, 0.2) is 5.11 Å². The minimum atomic E-state index is -0.271. The normalized spacial score (nSPS) is 13.4. The first kappa shape index (κ1) is 17.2. The lowest BCUT2D eigenvalue weighted by molar-refractivity contribution is 0.0977. The Bertz CT molecular complexity index is 773. The zero-order chi connectivity index (χ0) is 17.6. The van der Waals surface area contributed by atoms with Crippen LogP contribution < -0.4 is 20.3 Å². The van der Waals surface area contributed by atoms with Crippen molar-refractivity contribution in [1.82, 2.24) is 5.32 Å². The molecule has 2 aromatic rings. The topological polar surface area (TPSA) is 53.6 Å². The maximum absolute atomic E-state index is 12.3. The zero-order valence-corrected chi connectivity index (χ0v) is 14.9. The highest BCUT2D eigenvalue weighted by Crippen LogP contribution is 2.23. The summed E-state index contributed by atoms with van der Waals surface area (Å²) in [5, 5.41) is 6.04. The Morgan fingerprint density at radius 3 is 2.64 bits per heavy atom. The van der Waals surface area contributed by atoms with Crippen LogP contribution in [0.4, 0.5) is 11.4 Å². The fourth-order valence-electron chi connectivity index (χ4n) is 2.86. The van der Waals surface area contributed by atoms with Crippen LogP contribution in [0.15, 0.2) is 48.5 Å². The van der Waals surface area contributed by atoms with Crippen LogP contribution in [0.25, 0.3) is 0 Å². The molecule has 0 unspecified atom stereocenters. The Hall–Kier alpha value is -2.60. The Kier molecular flexibility index (Phi) is 5.50. The molecule has 1 heterocycles. The lowest BCUT2D eigenvalue weighted by Gasteiger charge is -2.19. The van der Waals surface area contributed by atoms with E-state index >= 15 is 0 Å². The number of amides is 1. The van der Waals surface area contributed by atoms with Crippen LogP contribution in [0.5, 0.6) is 5.75 Å². The van der Waals surface area contributed by atoms with Crippen molar-refractivity contribution in [2.45, 2.75) is 12.8 Å². The summed E-state index contributed by atoms with van der Waals surface area (Å²) >= 11 is 5.26. The van der Waals surface area contributed by atoms with E-state index in [0.29, 0.717) is 11.3 Å². The van der Waals surface area contributed by atoms with Gasteiger partial charge in [0.2, 0.25) is 0 Å². The summed E-state index contributed by atoms with van der Waals surface area (Å²) < 4.78 is 5.13. The van der Waals surface area contributed by atoms with Gasteiger partial charge >= 0.3 is 0 Å². The summed E-state index contributed by atoms with van der Waals surface area (Å²) in [6.07, 6.45) is 2.46. The number of carbonyl (C=O) groups excluding carboxylic acids is 1. The van der Waals surface area contributed by atoms with E-state index in [2.05, 4.69) is 27.7 Å². The van der Waals surface area contributed by atoms with Crippen molar-refractivity contribution in [1.29, 1.82) is 0 Å². The first-order valence-corrected chi connectivity index (χ1v) is 8.68. The Labute approximate surface area is 153 Å². The molecule has 0 bridgehead atoms. The minimum Gasteiger partial charge on any atom is -0.497 e. The number of carbonyl (C=O) groups is 1. The van der Waals surface area contributed by atoms with E-state index in [0.717, 1.165) is 18.8 Å². The molecule has 2 N–H and O–H groups in total. The van der Waals surface area contributed by atoms with Gasteiger partial charge < -0.3 is 15.0 Å². The maximum Gasteiger partial charge on any atom is 0.257 e. The molecule has 5 nitrogen and oxygen atoms in total. The SMILES string of the molecule is COc1cccc(C(=O)NC(=S)Nc2cccc(N3CCCC3)c2)c1. The largest absolute Gasteiger partial charge is 0.497 e. The molecule has 6 heteroatoms. The smallest absolute Gasteiger partial charge is 0.257 e. The number of hydrogen-bond donors (Lipinski definition) is 2. The predicted molar refractivity (Wildman–Crippen MR) is 105 cm³/mol. The van der Waals surface area contributed by atoms with Gasteiger partial charge in [-0.2, -0.15) is 0 Å². The molecule has 0 aromatic heterocycles. The molecular weight excluding hydrogens is 334 g/mol. The van der Waals surface area contributed by atoms with E-state index in [1.165, 1.54) is 18.5 Å². The van der Waals surface area contributed by atoms with Crippen LogP contribution in [0.1, 0.15) is 23.2 Å². The van der Waals surface area contributed by atoms with Gasteiger partial charge in [0.05, 0.1) is 7.11 Å². The second kappa shape index (κ2) is 7.98. The highest BCUT2D eigenvalue weighted by Gasteiger charge is 2.13. The van der Waals surface area contributed by atoms with E-state index in [-0.39, 0.29) is 11.0 Å². The lowest BCUT2D eigenvalue weighted by atomic mass is 10.2. The van der Waals surface area contributed by atoms with Crippen LogP contribution in [0.2, 0.25) is 0 Å². The molecule has 1 fully saturated rings. The van der Waals surface area contributed by atoms with Gasteiger partial charge in [-0.15, -0.1) is 0 Å². The average Bonchev–Trinajstić information content (AvgIpc) is 3.16. The third-order valence-electron chi connectivity index (χ3n) is 4.13. The summed E-state index contributed by atoms with van der Waals surface area (Å²) in [5.74, 6) is 0.358. The molecule has 0 saturated carbocycles. The number of nitrogens with one attached hydrogen (secondary N) is 2. The number of methoxy groups -OCH3 is 1. The first-order chi connectivity index (χ1) is 12.2. The van der Waals surface area contributed by atoms with Gasteiger partial charge in [-0.05, 0) is 61.5 Å². The monoisotopic (exact) mass is 355 g/mol.